The molecule has 1 N–H and O–H groups in total. The lowest BCUT2D eigenvalue weighted by Gasteiger charge is -2.35. The highest BCUT2D eigenvalue weighted by Gasteiger charge is 2.31. The van der Waals surface area contributed by atoms with Crippen molar-refractivity contribution in [1.82, 2.24) is 14.5 Å². The van der Waals surface area contributed by atoms with Gasteiger partial charge in [0.25, 0.3) is 0 Å². The van der Waals surface area contributed by atoms with Crippen molar-refractivity contribution in [1.29, 1.82) is 0 Å². The molecule has 0 saturated carbocycles. The maximum Gasteiger partial charge on any atom is 0.317 e. The first-order valence-electron chi connectivity index (χ1n) is 9.55. The van der Waals surface area contributed by atoms with Crippen LogP contribution in [0.1, 0.15) is 19.4 Å². The number of urea groups is 1. The monoisotopic (exact) mass is 435 g/mol. The Labute approximate surface area is 177 Å². The molecular weight excluding hydrogens is 410 g/mol. The van der Waals surface area contributed by atoms with E-state index in [1.54, 1.807) is 35.2 Å². The Balaban J connectivity index is 1.56. The van der Waals surface area contributed by atoms with Crippen molar-refractivity contribution in [2.24, 2.45) is 0 Å². The molecule has 6 nitrogen and oxygen atoms in total. The second kappa shape index (κ2) is 8.73. The number of amides is 2. The zero-order chi connectivity index (χ0) is 21.1. The molecule has 0 spiro atoms. The zero-order valence-electron chi connectivity index (χ0n) is 16.6. The maximum atomic E-state index is 12.7. The Morgan fingerprint density at radius 2 is 1.59 bits per heavy atom. The van der Waals surface area contributed by atoms with Crippen molar-refractivity contribution in [3.8, 4) is 0 Å². The molecule has 1 fully saturated rings. The first kappa shape index (κ1) is 21.6. The molecule has 0 unspecified atom stereocenters. The molecule has 1 aliphatic rings. The highest BCUT2D eigenvalue weighted by atomic mass is 35.5. The minimum atomic E-state index is -3.53. The van der Waals surface area contributed by atoms with Gasteiger partial charge in [0.1, 0.15) is 0 Å². The minimum Gasteiger partial charge on any atom is -0.337 e. The molecule has 1 saturated heterocycles. The fourth-order valence-corrected chi connectivity index (χ4v) is 5.22. The van der Waals surface area contributed by atoms with Gasteiger partial charge in [0.2, 0.25) is 10.0 Å². The van der Waals surface area contributed by atoms with Gasteiger partial charge in [-0.3, -0.25) is 0 Å². The summed E-state index contributed by atoms with van der Waals surface area (Å²) in [6.07, 6.45) is 0. The van der Waals surface area contributed by atoms with Crippen LogP contribution in [-0.4, -0.2) is 56.4 Å². The van der Waals surface area contributed by atoms with Crippen LogP contribution >= 0.6 is 11.6 Å². The average Bonchev–Trinajstić information content (AvgIpc) is 2.73. The highest BCUT2D eigenvalue weighted by molar-refractivity contribution is 7.89. The van der Waals surface area contributed by atoms with Crippen LogP contribution in [-0.2, 0) is 15.4 Å². The Bertz CT molecular complexity index is 956. The van der Waals surface area contributed by atoms with Crippen LogP contribution in [0.5, 0.6) is 0 Å². The molecule has 0 aromatic heterocycles. The molecule has 0 aliphatic carbocycles. The number of hydrogen-bond acceptors (Lipinski definition) is 3. The minimum absolute atomic E-state index is 0.193. The Hall–Kier alpha value is -2.09. The van der Waals surface area contributed by atoms with Crippen molar-refractivity contribution < 1.29 is 13.2 Å². The van der Waals surface area contributed by atoms with Gasteiger partial charge in [0, 0.05) is 43.2 Å². The SMILES string of the molecule is CC(C)(CNC(=O)N1CCN(S(=O)(=O)c2ccccc2)CC1)c1ccccc1Cl. The first-order valence-corrected chi connectivity index (χ1v) is 11.4. The summed E-state index contributed by atoms with van der Waals surface area (Å²) in [5.41, 5.74) is 0.646. The van der Waals surface area contributed by atoms with E-state index in [9.17, 15) is 13.2 Å². The number of rotatable bonds is 5. The number of benzene rings is 2. The highest BCUT2D eigenvalue weighted by Crippen LogP contribution is 2.29. The summed E-state index contributed by atoms with van der Waals surface area (Å²) in [4.78, 5) is 14.5. The number of halogens is 1. The summed E-state index contributed by atoms with van der Waals surface area (Å²) < 4.78 is 26.8. The molecule has 1 heterocycles. The molecule has 0 bridgehead atoms. The zero-order valence-corrected chi connectivity index (χ0v) is 18.2. The van der Waals surface area contributed by atoms with Gasteiger partial charge in [0.15, 0.2) is 0 Å². The Morgan fingerprint density at radius 1 is 1.00 bits per heavy atom. The summed E-state index contributed by atoms with van der Waals surface area (Å²) in [6.45, 7) is 5.74. The van der Waals surface area contributed by atoms with Crippen LogP contribution in [0.3, 0.4) is 0 Å². The van der Waals surface area contributed by atoms with Crippen LogP contribution in [0.25, 0.3) is 0 Å². The summed E-state index contributed by atoms with van der Waals surface area (Å²) in [7, 11) is -3.53. The lowest BCUT2D eigenvalue weighted by atomic mass is 9.84. The van der Waals surface area contributed by atoms with Gasteiger partial charge in [0.05, 0.1) is 4.90 Å². The van der Waals surface area contributed by atoms with Gasteiger partial charge in [-0.1, -0.05) is 61.8 Å². The van der Waals surface area contributed by atoms with Crippen molar-refractivity contribution in [2.45, 2.75) is 24.2 Å². The lowest BCUT2D eigenvalue weighted by Crippen LogP contribution is -2.54. The van der Waals surface area contributed by atoms with E-state index in [0.29, 0.717) is 24.7 Å². The smallest absolute Gasteiger partial charge is 0.317 e. The number of carbonyl (C=O) groups excluding carboxylic acids is 1. The van der Waals surface area contributed by atoms with E-state index in [1.807, 2.05) is 38.1 Å². The fraction of sp³-hybridized carbons (Fsp3) is 0.381. The topological polar surface area (TPSA) is 69.7 Å². The molecule has 0 radical (unpaired) electrons. The van der Waals surface area contributed by atoms with E-state index in [0.717, 1.165) is 5.56 Å². The van der Waals surface area contributed by atoms with Gasteiger partial charge in [-0.25, -0.2) is 13.2 Å². The van der Waals surface area contributed by atoms with Gasteiger partial charge in [-0.05, 0) is 23.8 Å². The van der Waals surface area contributed by atoms with Crippen LogP contribution in [0.4, 0.5) is 4.79 Å². The molecule has 2 aromatic rings. The van der Waals surface area contributed by atoms with E-state index in [-0.39, 0.29) is 29.4 Å². The molecule has 156 valence electrons. The van der Waals surface area contributed by atoms with Crippen molar-refractivity contribution in [3.63, 3.8) is 0 Å². The van der Waals surface area contributed by atoms with Crippen LogP contribution in [0.15, 0.2) is 59.5 Å². The number of piperazine rings is 1. The van der Waals surface area contributed by atoms with Crippen LogP contribution < -0.4 is 5.32 Å². The molecule has 8 heteroatoms. The summed E-state index contributed by atoms with van der Waals surface area (Å²) in [5, 5.41) is 3.64. The van der Waals surface area contributed by atoms with Crippen LogP contribution in [0.2, 0.25) is 5.02 Å². The Kier molecular flexibility index (Phi) is 6.51. The van der Waals surface area contributed by atoms with Crippen molar-refractivity contribution >= 4 is 27.7 Å². The number of nitrogens with one attached hydrogen (secondary N) is 1. The quantitative estimate of drug-likeness (QED) is 0.783. The third-order valence-electron chi connectivity index (χ3n) is 5.19. The lowest BCUT2D eigenvalue weighted by molar-refractivity contribution is 0.170. The Morgan fingerprint density at radius 3 is 2.21 bits per heavy atom. The van der Waals surface area contributed by atoms with Gasteiger partial charge < -0.3 is 10.2 Å². The normalized spacial score (nSPS) is 15.9. The van der Waals surface area contributed by atoms with E-state index in [1.165, 1.54) is 4.31 Å². The molecule has 3 rings (SSSR count). The molecule has 0 atom stereocenters. The second-order valence-electron chi connectivity index (χ2n) is 7.73. The average molecular weight is 436 g/mol. The summed E-state index contributed by atoms with van der Waals surface area (Å²) in [5.74, 6) is 0. The molecule has 2 amide bonds. The van der Waals surface area contributed by atoms with Crippen molar-refractivity contribution in [2.75, 3.05) is 32.7 Å². The molecule has 2 aromatic carbocycles. The third kappa shape index (κ3) is 4.91. The largest absolute Gasteiger partial charge is 0.337 e. The number of nitrogens with zero attached hydrogens (tertiary/aromatic N) is 2. The summed E-state index contributed by atoms with van der Waals surface area (Å²) in [6, 6.07) is 15.8. The summed E-state index contributed by atoms with van der Waals surface area (Å²) >= 11 is 6.30. The predicted molar refractivity (Wildman–Crippen MR) is 115 cm³/mol. The van der Waals surface area contributed by atoms with Gasteiger partial charge >= 0.3 is 6.03 Å². The predicted octanol–water partition coefficient (Wildman–Crippen LogP) is 3.33. The number of hydrogen-bond donors (Lipinski definition) is 1. The second-order valence-corrected chi connectivity index (χ2v) is 10.1. The first-order chi connectivity index (χ1) is 13.7. The molecule has 1 aliphatic heterocycles. The van der Waals surface area contributed by atoms with E-state index in [2.05, 4.69) is 5.32 Å². The third-order valence-corrected chi connectivity index (χ3v) is 7.43. The van der Waals surface area contributed by atoms with E-state index >= 15 is 0 Å². The molecular formula is C21H26ClN3O3S. The van der Waals surface area contributed by atoms with E-state index < -0.39 is 10.0 Å². The van der Waals surface area contributed by atoms with Crippen LogP contribution in [0, 0.1) is 0 Å². The number of carbonyl (C=O) groups is 1. The fourth-order valence-electron chi connectivity index (χ4n) is 3.39. The molecule has 29 heavy (non-hydrogen) atoms. The van der Waals surface area contributed by atoms with E-state index in [4.69, 9.17) is 11.6 Å². The van der Waals surface area contributed by atoms with Crippen molar-refractivity contribution in [3.05, 3.63) is 65.2 Å². The maximum absolute atomic E-state index is 12.7. The van der Waals surface area contributed by atoms with Gasteiger partial charge in [-0.2, -0.15) is 4.31 Å². The number of sulfonamides is 1. The van der Waals surface area contributed by atoms with Gasteiger partial charge in [-0.15, -0.1) is 0 Å². The standard InChI is InChI=1S/C21H26ClN3O3S/c1-21(2,18-10-6-7-11-19(18)22)16-23-20(26)24-12-14-25(15-13-24)29(27,28)17-8-4-3-5-9-17/h3-11H,12-16H2,1-2H3,(H,23,26).